The molecule has 1 aromatic rings. The van der Waals surface area contributed by atoms with E-state index >= 15 is 0 Å². The van der Waals surface area contributed by atoms with Gasteiger partial charge in [-0.05, 0) is 25.6 Å². The van der Waals surface area contributed by atoms with Crippen molar-refractivity contribution >= 4 is 5.69 Å². The zero-order chi connectivity index (χ0) is 13.1. The summed E-state index contributed by atoms with van der Waals surface area (Å²) in [5.41, 5.74) is 0.502. The molecule has 1 fully saturated rings. The first-order valence-electron chi connectivity index (χ1n) is 6.06. The van der Waals surface area contributed by atoms with Gasteiger partial charge in [-0.25, -0.2) is 8.78 Å². The lowest BCUT2D eigenvalue weighted by Gasteiger charge is -2.30. The largest absolute Gasteiger partial charge is 0.380 e. The molecule has 0 radical (unpaired) electrons. The molecule has 0 aromatic heterocycles. The van der Waals surface area contributed by atoms with E-state index in [1.54, 1.807) is 6.92 Å². The van der Waals surface area contributed by atoms with Crippen molar-refractivity contribution in [2.45, 2.75) is 13.0 Å². The Bertz CT molecular complexity index is 426. The van der Waals surface area contributed by atoms with Crippen LogP contribution < -0.4 is 5.32 Å². The van der Waals surface area contributed by atoms with Crippen LogP contribution in [0.5, 0.6) is 0 Å². The summed E-state index contributed by atoms with van der Waals surface area (Å²) in [6, 6.07) is 2.39. The fourth-order valence-corrected chi connectivity index (χ4v) is 2.00. The van der Waals surface area contributed by atoms with E-state index in [9.17, 15) is 8.78 Å². The molecule has 1 saturated heterocycles. The first kappa shape index (κ1) is 13.2. The first-order chi connectivity index (χ1) is 8.56. The minimum atomic E-state index is -0.432. The molecule has 2 rings (SSSR count). The molecule has 18 heavy (non-hydrogen) atoms. The number of hydrogen-bond acceptors (Lipinski definition) is 3. The van der Waals surface area contributed by atoms with Crippen molar-refractivity contribution < 1.29 is 13.5 Å². The number of anilines is 1. The summed E-state index contributed by atoms with van der Waals surface area (Å²) in [5.74, 6) is -0.835. The van der Waals surface area contributed by atoms with E-state index in [4.69, 9.17) is 4.74 Å². The molecule has 1 aliphatic rings. The van der Waals surface area contributed by atoms with E-state index in [2.05, 4.69) is 10.2 Å². The highest BCUT2D eigenvalue weighted by atomic mass is 19.1. The van der Waals surface area contributed by atoms with Crippen LogP contribution in [0.15, 0.2) is 12.1 Å². The fraction of sp³-hybridized carbons (Fsp3) is 0.538. The molecule has 1 N–H and O–H groups in total. The molecule has 1 unspecified atom stereocenters. The summed E-state index contributed by atoms with van der Waals surface area (Å²) < 4.78 is 32.5. The Kier molecular flexibility index (Phi) is 4.14. The average Bonchev–Trinajstić information content (AvgIpc) is 2.32. The highest BCUT2D eigenvalue weighted by molar-refractivity contribution is 5.46. The molecule has 0 spiro atoms. The number of rotatable bonds is 3. The summed E-state index contributed by atoms with van der Waals surface area (Å²) in [4.78, 5) is 2.15. The second-order valence-corrected chi connectivity index (χ2v) is 4.72. The maximum atomic E-state index is 13.6. The van der Waals surface area contributed by atoms with E-state index in [0.717, 1.165) is 13.1 Å². The van der Waals surface area contributed by atoms with Crippen molar-refractivity contribution in [1.29, 1.82) is 0 Å². The molecule has 0 amide bonds. The van der Waals surface area contributed by atoms with Crippen LogP contribution in [-0.2, 0) is 4.74 Å². The lowest BCUT2D eigenvalue weighted by Crippen LogP contribution is -2.43. The zero-order valence-corrected chi connectivity index (χ0v) is 10.7. The molecule has 1 aliphatic heterocycles. The Labute approximate surface area is 106 Å². The Morgan fingerprint density at radius 3 is 2.89 bits per heavy atom. The zero-order valence-electron chi connectivity index (χ0n) is 10.7. The Morgan fingerprint density at radius 1 is 1.39 bits per heavy atom. The number of nitrogens with zero attached hydrogens (tertiary/aromatic N) is 1. The van der Waals surface area contributed by atoms with Crippen LogP contribution in [0, 0.1) is 18.6 Å². The second kappa shape index (κ2) is 5.63. The Hall–Kier alpha value is -1.20. The van der Waals surface area contributed by atoms with Gasteiger partial charge in [0.1, 0.15) is 11.6 Å². The molecule has 100 valence electrons. The molecule has 1 heterocycles. The van der Waals surface area contributed by atoms with Gasteiger partial charge in [-0.3, -0.25) is 0 Å². The summed E-state index contributed by atoms with van der Waals surface area (Å²) >= 11 is 0. The molecule has 0 aliphatic carbocycles. The lowest BCUT2D eigenvalue weighted by molar-refractivity contribution is -0.0117. The van der Waals surface area contributed by atoms with E-state index in [-0.39, 0.29) is 11.8 Å². The topological polar surface area (TPSA) is 24.5 Å². The van der Waals surface area contributed by atoms with Crippen molar-refractivity contribution in [2.75, 3.05) is 38.6 Å². The third kappa shape index (κ3) is 3.17. The van der Waals surface area contributed by atoms with E-state index < -0.39 is 11.6 Å². The smallest absolute Gasteiger partial charge is 0.146 e. The first-order valence-corrected chi connectivity index (χ1v) is 6.06. The summed E-state index contributed by atoms with van der Waals surface area (Å²) in [7, 11) is 2.02. The van der Waals surface area contributed by atoms with Crippen molar-refractivity contribution in [3.05, 3.63) is 29.3 Å². The molecule has 3 nitrogen and oxygen atoms in total. The molecular formula is C13H18F2N2O. The third-order valence-corrected chi connectivity index (χ3v) is 3.11. The van der Waals surface area contributed by atoms with Gasteiger partial charge < -0.3 is 15.0 Å². The van der Waals surface area contributed by atoms with E-state index in [1.807, 2.05) is 7.05 Å². The standard InChI is InChI=1S/C13H18F2N2O/c1-9-5-12(15)13(6-11(9)14)16-7-10-8-17(2)3-4-18-10/h5-6,10,16H,3-4,7-8H2,1-2H3. The third-order valence-electron chi connectivity index (χ3n) is 3.11. The Morgan fingerprint density at radius 2 is 2.17 bits per heavy atom. The van der Waals surface area contributed by atoms with Crippen molar-refractivity contribution in [3.8, 4) is 0 Å². The summed E-state index contributed by atoms with van der Waals surface area (Å²) in [5, 5.41) is 2.90. The SMILES string of the molecule is Cc1cc(F)c(NCC2CN(C)CCO2)cc1F. The monoisotopic (exact) mass is 256 g/mol. The Balaban J connectivity index is 1.95. The lowest BCUT2D eigenvalue weighted by atomic mass is 10.2. The maximum absolute atomic E-state index is 13.6. The summed E-state index contributed by atoms with van der Waals surface area (Å²) in [6.45, 7) is 4.39. The maximum Gasteiger partial charge on any atom is 0.146 e. The quantitative estimate of drug-likeness (QED) is 0.895. The normalized spacial score (nSPS) is 21.0. The van der Waals surface area contributed by atoms with Crippen molar-refractivity contribution in [2.24, 2.45) is 0 Å². The number of hydrogen-bond donors (Lipinski definition) is 1. The summed E-state index contributed by atoms with van der Waals surface area (Å²) in [6.07, 6.45) is 0.00696. The number of benzene rings is 1. The van der Waals surface area contributed by atoms with Crippen LogP contribution in [-0.4, -0.2) is 44.3 Å². The van der Waals surface area contributed by atoms with Crippen molar-refractivity contribution in [3.63, 3.8) is 0 Å². The highest BCUT2D eigenvalue weighted by Crippen LogP contribution is 2.19. The minimum absolute atomic E-state index is 0.00696. The van der Waals surface area contributed by atoms with E-state index in [0.29, 0.717) is 18.7 Å². The molecule has 0 bridgehead atoms. The van der Waals surface area contributed by atoms with Gasteiger partial charge in [0.2, 0.25) is 0 Å². The number of ether oxygens (including phenoxy) is 1. The van der Waals surface area contributed by atoms with Gasteiger partial charge in [0.25, 0.3) is 0 Å². The number of morpholine rings is 1. The van der Waals surface area contributed by atoms with Crippen LogP contribution in [0.25, 0.3) is 0 Å². The number of halogens is 2. The van der Waals surface area contributed by atoms with Crippen LogP contribution in [0.4, 0.5) is 14.5 Å². The molecular weight excluding hydrogens is 238 g/mol. The van der Waals surface area contributed by atoms with Gasteiger partial charge in [0.05, 0.1) is 18.4 Å². The van der Waals surface area contributed by atoms with E-state index in [1.165, 1.54) is 12.1 Å². The van der Waals surface area contributed by atoms with Crippen molar-refractivity contribution in [1.82, 2.24) is 4.90 Å². The molecule has 1 aromatic carbocycles. The van der Waals surface area contributed by atoms with Gasteiger partial charge in [0, 0.05) is 25.7 Å². The van der Waals surface area contributed by atoms with Crippen LogP contribution in [0.1, 0.15) is 5.56 Å². The van der Waals surface area contributed by atoms with Gasteiger partial charge in [0.15, 0.2) is 0 Å². The number of likely N-dealkylation sites (N-methyl/N-ethyl adjacent to an activating group) is 1. The minimum Gasteiger partial charge on any atom is -0.380 e. The second-order valence-electron chi connectivity index (χ2n) is 4.72. The number of nitrogens with one attached hydrogen (secondary N) is 1. The van der Waals surface area contributed by atoms with Gasteiger partial charge in [-0.1, -0.05) is 0 Å². The number of aryl methyl sites for hydroxylation is 1. The van der Waals surface area contributed by atoms with Gasteiger partial charge >= 0.3 is 0 Å². The predicted octanol–water partition coefficient (Wildman–Crippen LogP) is 2.02. The van der Waals surface area contributed by atoms with Crippen LogP contribution >= 0.6 is 0 Å². The predicted molar refractivity (Wildman–Crippen MR) is 66.8 cm³/mol. The molecule has 1 atom stereocenters. The average molecular weight is 256 g/mol. The molecule has 0 saturated carbocycles. The van der Waals surface area contributed by atoms with Gasteiger partial charge in [-0.15, -0.1) is 0 Å². The van der Waals surface area contributed by atoms with Crippen LogP contribution in [0.2, 0.25) is 0 Å². The highest BCUT2D eigenvalue weighted by Gasteiger charge is 2.18. The molecule has 5 heteroatoms. The van der Waals surface area contributed by atoms with Gasteiger partial charge in [-0.2, -0.15) is 0 Å². The fourth-order valence-electron chi connectivity index (χ4n) is 2.00. The van der Waals surface area contributed by atoms with Crippen LogP contribution in [0.3, 0.4) is 0 Å².